The predicted octanol–water partition coefficient (Wildman–Crippen LogP) is 3.70. The smallest absolute Gasteiger partial charge is 0.173 e. The molecule has 0 radical (unpaired) electrons. The van der Waals surface area contributed by atoms with E-state index in [-0.39, 0.29) is 5.78 Å². The molecule has 1 aromatic rings. The van der Waals surface area contributed by atoms with Gasteiger partial charge in [0.2, 0.25) is 0 Å². The maximum atomic E-state index is 11.6. The molecule has 0 spiro atoms. The number of aryl methyl sites for hydroxylation is 1. The quantitative estimate of drug-likeness (QED) is 0.589. The molecule has 0 aliphatic heterocycles. The average Bonchev–Trinajstić information content (AvgIpc) is 2.28. The third-order valence-corrected chi connectivity index (χ3v) is 3.71. The van der Waals surface area contributed by atoms with Crippen molar-refractivity contribution >= 4 is 21.7 Å². The summed E-state index contributed by atoms with van der Waals surface area (Å²) < 4.78 is 0. The zero-order valence-electron chi connectivity index (χ0n) is 8.92. The van der Waals surface area contributed by atoms with Crippen LogP contribution in [0, 0.1) is 0 Å². The summed E-state index contributed by atoms with van der Waals surface area (Å²) in [6, 6.07) is 6.17. The molecule has 1 aromatic carbocycles. The molecule has 2 rings (SSSR count). The van der Waals surface area contributed by atoms with Gasteiger partial charge < -0.3 is 0 Å². The maximum absolute atomic E-state index is 11.6. The number of Topliss-reactive ketones (excluding diaryl/α,β-unsaturated/α-hetero) is 1. The van der Waals surface area contributed by atoms with E-state index in [9.17, 15) is 4.79 Å². The zero-order chi connectivity index (χ0) is 10.8. The number of halogens is 1. The molecule has 15 heavy (non-hydrogen) atoms. The van der Waals surface area contributed by atoms with Crippen LogP contribution in [0.1, 0.15) is 47.2 Å². The Balaban J connectivity index is 2.39. The Morgan fingerprint density at radius 1 is 1.53 bits per heavy atom. The number of ketones is 1. The molecule has 0 saturated carbocycles. The van der Waals surface area contributed by atoms with Crippen LogP contribution in [0.3, 0.4) is 0 Å². The van der Waals surface area contributed by atoms with E-state index in [2.05, 4.69) is 35.0 Å². The first-order chi connectivity index (χ1) is 7.22. The normalized spacial score (nSPS) is 19.7. The molecule has 0 amide bonds. The second-order valence-corrected chi connectivity index (χ2v) is 4.82. The first-order valence-electron chi connectivity index (χ1n) is 5.44. The van der Waals surface area contributed by atoms with Gasteiger partial charge in [-0.25, -0.2) is 0 Å². The van der Waals surface area contributed by atoms with Gasteiger partial charge in [-0.1, -0.05) is 35.0 Å². The van der Waals surface area contributed by atoms with Crippen molar-refractivity contribution in [3.63, 3.8) is 0 Å². The molecule has 1 aliphatic rings. The highest BCUT2D eigenvalue weighted by atomic mass is 79.9. The van der Waals surface area contributed by atoms with Gasteiger partial charge in [0.25, 0.3) is 0 Å². The molecule has 80 valence electrons. The molecule has 1 aliphatic carbocycles. The molecule has 0 bridgehead atoms. The van der Waals surface area contributed by atoms with Crippen molar-refractivity contribution < 1.29 is 4.79 Å². The van der Waals surface area contributed by atoms with Crippen molar-refractivity contribution in [2.45, 2.75) is 32.1 Å². The first-order valence-corrected chi connectivity index (χ1v) is 6.56. The van der Waals surface area contributed by atoms with Crippen molar-refractivity contribution in [2.24, 2.45) is 0 Å². The lowest BCUT2D eigenvalue weighted by molar-refractivity contribution is 0.102. The van der Waals surface area contributed by atoms with Crippen LogP contribution in [-0.4, -0.2) is 11.1 Å². The largest absolute Gasteiger partial charge is 0.293 e. The van der Waals surface area contributed by atoms with Gasteiger partial charge in [-0.2, -0.15) is 0 Å². The van der Waals surface area contributed by atoms with Crippen molar-refractivity contribution in [1.29, 1.82) is 0 Å². The number of carbonyl (C=O) groups excluding carboxylic acids is 1. The molecular formula is C13H15BrO. The number of alkyl halides is 1. The average molecular weight is 267 g/mol. The molecule has 1 nitrogen and oxygen atoms in total. The molecule has 2 heteroatoms. The standard InChI is InChI=1S/C13H15BrO/c1-9-3-2-4-10-5-6-11(7-12(9)10)13(15)8-14/h5-7,9H,2-4,8H2,1H3/t9-/m0/s1. The Morgan fingerprint density at radius 2 is 2.33 bits per heavy atom. The van der Waals surface area contributed by atoms with E-state index in [0.29, 0.717) is 11.2 Å². The monoisotopic (exact) mass is 266 g/mol. The van der Waals surface area contributed by atoms with Crippen LogP contribution < -0.4 is 0 Å². The number of hydrogen-bond acceptors (Lipinski definition) is 1. The fourth-order valence-corrected chi connectivity index (χ4v) is 2.61. The first kappa shape index (κ1) is 10.9. The molecule has 0 saturated heterocycles. The van der Waals surface area contributed by atoms with Crippen molar-refractivity contribution in [3.05, 3.63) is 34.9 Å². The zero-order valence-corrected chi connectivity index (χ0v) is 10.5. The Labute approximate surface area is 99.0 Å². The van der Waals surface area contributed by atoms with Crippen LogP contribution in [-0.2, 0) is 6.42 Å². The summed E-state index contributed by atoms with van der Waals surface area (Å²) in [5, 5.41) is 0.417. The van der Waals surface area contributed by atoms with E-state index in [1.54, 1.807) is 0 Å². The summed E-state index contributed by atoms with van der Waals surface area (Å²) >= 11 is 3.21. The second-order valence-electron chi connectivity index (χ2n) is 4.26. The summed E-state index contributed by atoms with van der Waals surface area (Å²) in [7, 11) is 0. The minimum Gasteiger partial charge on any atom is -0.293 e. The highest BCUT2D eigenvalue weighted by Gasteiger charge is 2.17. The number of hydrogen-bond donors (Lipinski definition) is 0. The lowest BCUT2D eigenvalue weighted by Gasteiger charge is -2.22. The van der Waals surface area contributed by atoms with Crippen LogP contribution in [0.15, 0.2) is 18.2 Å². The minimum absolute atomic E-state index is 0.176. The molecule has 0 fully saturated rings. The maximum Gasteiger partial charge on any atom is 0.173 e. The van der Waals surface area contributed by atoms with E-state index in [0.717, 1.165) is 5.56 Å². The van der Waals surface area contributed by atoms with E-state index >= 15 is 0 Å². The topological polar surface area (TPSA) is 17.1 Å². The summed E-state index contributed by atoms with van der Waals surface area (Å²) in [5.41, 5.74) is 3.66. The molecule has 0 aromatic heterocycles. The van der Waals surface area contributed by atoms with Crippen molar-refractivity contribution in [2.75, 3.05) is 5.33 Å². The Bertz CT molecular complexity index is 384. The molecule has 0 unspecified atom stereocenters. The summed E-state index contributed by atoms with van der Waals surface area (Å²) in [6.07, 6.45) is 3.70. The van der Waals surface area contributed by atoms with Gasteiger partial charge in [-0.05, 0) is 42.4 Å². The van der Waals surface area contributed by atoms with Crippen LogP contribution >= 0.6 is 15.9 Å². The Morgan fingerprint density at radius 3 is 3.07 bits per heavy atom. The van der Waals surface area contributed by atoms with Gasteiger partial charge in [0, 0.05) is 5.56 Å². The van der Waals surface area contributed by atoms with Gasteiger partial charge in [0.1, 0.15) is 0 Å². The van der Waals surface area contributed by atoms with E-state index in [4.69, 9.17) is 0 Å². The fourth-order valence-electron chi connectivity index (χ4n) is 2.29. The summed E-state index contributed by atoms with van der Waals surface area (Å²) in [6.45, 7) is 2.25. The van der Waals surface area contributed by atoms with Crippen molar-refractivity contribution in [3.8, 4) is 0 Å². The fraction of sp³-hybridized carbons (Fsp3) is 0.462. The predicted molar refractivity (Wildman–Crippen MR) is 65.9 cm³/mol. The number of benzene rings is 1. The van der Waals surface area contributed by atoms with E-state index in [1.165, 1.54) is 30.4 Å². The van der Waals surface area contributed by atoms with E-state index < -0.39 is 0 Å². The Hall–Kier alpha value is -0.630. The highest BCUT2D eigenvalue weighted by molar-refractivity contribution is 9.09. The van der Waals surface area contributed by atoms with Gasteiger partial charge >= 0.3 is 0 Å². The van der Waals surface area contributed by atoms with Gasteiger partial charge in [-0.15, -0.1) is 0 Å². The summed E-state index contributed by atoms with van der Waals surface area (Å²) in [4.78, 5) is 11.6. The Kier molecular flexibility index (Phi) is 3.25. The van der Waals surface area contributed by atoms with Crippen molar-refractivity contribution in [1.82, 2.24) is 0 Å². The van der Waals surface area contributed by atoms with Gasteiger partial charge in [-0.3, -0.25) is 4.79 Å². The van der Waals surface area contributed by atoms with Crippen LogP contribution in [0.25, 0.3) is 0 Å². The number of rotatable bonds is 2. The third-order valence-electron chi connectivity index (χ3n) is 3.20. The molecule has 0 N–H and O–H groups in total. The number of carbonyl (C=O) groups is 1. The third kappa shape index (κ3) is 2.15. The number of fused-ring (bicyclic) bond motifs is 1. The van der Waals surface area contributed by atoms with E-state index in [1.807, 2.05) is 6.07 Å². The van der Waals surface area contributed by atoms with Gasteiger partial charge in [0.05, 0.1) is 5.33 Å². The van der Waals surface area contributed by atoms with Gasteiger partial charge in [0.15, 0.2) is 5.78 Å². The minimum atomic E-state index is 0.176. The lowest BCUT2D eigenvalue weighted by Crippen LogP contribution is -2.09. The van der Waals surface area contributed by atoms with Crippen LogP contribution in [0.4, 0.5) is 0 Å². The van der Waals surface area contributed by atoms with Crippen LogP contribution in [0.5, 0.6) is 0 Å². The highest BCUT2D eigenvalue weighted by Crippen LogP contribution is 2.31. The summed E-state index contributed by atoms with van der Waals surface area (Å²) in [5.74, 6) is 0.785. The van der Waals surface area contributed by atoms with Crippen LogP contribution in [0.2, 0.25) is 0 Å². The second kappa shape index (κ2) is 4.48. The SMILES string of the molecule is C[C@H]1CCCc2ccc(C(=O)CBr)cc21. The molecule has 0 heterocycles. The lowest BCUT2D eigenvalue weighted by atomic mass is 9.83. The molecular weight excluding hydrogens is 252 g/mol. The molecule has 1 atom stereocenters.